The zero-order chi connectivity index (χ0) is 16.9. The number of hydrogen-bond acceptors (Lipinski definition) is 3. The molecule has 3 aromatic rings. The second kappa shape index (κ2) is 7.49. The summed E-state index contributed by atoms with van der Waals surface area (Å²) in [5, 5.41) is 3.36. The van der Waals surface area contributed by atoms with Crippen molar-refractivity contribution in [2.45, 2.75) is 18.9 Å². The van der Waals surface area contributed by atoms with Crippen LogP contribution in [0.15, 0.2) is 73.1 Å². The number of nitrogens with one attached hydrogen (secondary N) is 1. The van der Waals surface area contributed by atoms with E-state index in [1.807, 2.05) is 18.5 Å². The minimum absolute atomic E-state index is 0.329. The molecule has 3 nitrogen and oxygen atoms in total. The molecule has 0 atom stereocenters. The molecular weight excluding hydrogens is 308 g/mol. The highest BCUT2D eigenvalue weighted by atomic mass is 16.5. The van der Waals surface area contributed by atoms with Gasteiger partial charge in [0.05, 0.1) is 0 Å². The van der Waals surface area contributed by atoms with Crippen LogP contribution in [-0.2, 0) is 0 Å². The van der Waals surface area contributed by atoms with Crippen LogP contribution in [0.4, 0.5) is 0 Å². The summed E-state index contributed by atoms with van der Waals surface area (Å²) in [5.74, 6) is 0.947. The SMILES string of the molecule is c1ccc(-c2cncc(-c3ccc(OC4CCNCC4)cc3)c2)cc1. The van der Waals surface area contributed by atoms with Gasteiger partial charge in [0.25, 0.3) is 0 Å². The summed E-state index contributed by atoms with van der Waals surface area (Å²) in [6.45, 7) is 2.08. The average molecular weight is 330 g/mol. The van der Waals surface area contributed by atoms with Gasteiger partial charge in [-0.1, -0.05) is 42.5 Å². The van der Waals surface area contributed by atoms with Crippen LogP contribution in [0.3, 0.4) is 0 Å². The van der Waals surface area contributed by atoms with E-state index in [2.05, 4.69) is 64.9 Å². The van der Waals surface area contributed by atoms with Crippen LogP contribution < -0.4 is 10.1 Å². The number of nitrogens with zero attached hydrogens (tertiary/aromatic N) is 1. The Kier molecular flexibility index (Phi) is 4.75. The zero-order valence-electron chi connectivity index (χ0n) is 14.2. The predicted octanol–water partition coefficient (Wildman–Crippen LogP) is 4.55. The van der Waals surface area contributed by atoms with Crippen LogP contribution in [0, 0.1) is 0 Å². The molecule has 126 valence electrons. The molecule has 0 spiro atoms. The van der Waals surface area contributed by atoms with Crippen molar-refractivity contribution in [1.82, 2.24) is 10.3 Å². The minimum atomic E-state index is 0.329. The first kappa shape index (κ1) is 15.9. The van der Waals surface area contributed by atoms with Crippen molar-refractivity contribution in [2.24, 2.45) is 0 Å². The van der Waals surface area contributed by atoms with Gasteiger partial charge in [0.1, 0.15) is 11.9 Å². The average Bonchev–Trinajstić information content (AvgIpc) is 2.70. The lowest BCUT2D eigenvalue weighted by Crippen LogP contribution is -2.34. The molecule has 0 saturated carbocycles. The third-order valence-corrected chi connectivity index (χ3v) is 4.62. The third kappa shape index (κ3) is 3.89. The molecule has 1 aromatic heterocycles. The van der Waals surface area contributed by atoms with Crippen LogP contribution in [0.2, 0.25) is 0 Å². The number of ether oxygens (including phenoxy) is 1. The third-order valence-electron chi connectivity index (χ3n) is 4.62. The molecule has 0 aliphatic carbocycles. The van der Waals surface area contributed by atoms with Crippen LogP contribution >= 0.6 is 0 Å². The Balaban J connectivity index is 1.52. The molecule has 1 N–H and O–H groups in total. The van der Waals surface area contributed by atoms with Gasteiger partial charge in [-0.15, -0.1) is 0 Å². The summed E-state index contributed by atoms with van der Waals surface area (Å²) in [7, 11) is 0. The summed E-state index contributed by atoms with van der Waals surface area (Å²) in [4.78, 5) is 4.42. The van der Waals surface area contributed by atoms with E-state index in [1.165, 1.54) is 5.56 Å². The van der Waals surface area contributed by atoms with Crippen molar-refractivity contribution in [3.63, 3.8) is 0 Å². The van der Waals surface area contributed by atoms with Crippen LogP contribution in [0.5, 0.6) is 5.75 Å². The van der Waals surface area contributed by atoms with Crippen molar-refractivity contribution in [3.8, 4) is 28.0 Å². The van der Waals surface area contributed by atoms with E-state index in [1.54, 1.807) is 0 Å². The van der Waals surface area contributed by atoms with E-state index in [9.17, 15) is 0 Å². The van der Waals surface area contributed by atoms with Crippen molar-refractivity contribution in [3.05, 3.63) is 73.1 Å². The topological polar surface area (TPSA) is 34.1 Å². The molecule has 25 heavy (non-hydrogen) atoms. The Morgan fingerprint density at radius 1 is 0.760 bits per heavy atom. The van der Waals surface area contributed by atoms with Gasteiger partial charge in [0.15, 0.2) is 0 Å². The summed E-state index contributed by atoms with van der Waals surface area (Å²) in [6.07, 6.45) is 6.30. The normalized spacial score (nSPS) is 15.0. The van der Waals surface area contributed by atoms with Crippen molar-refractivity contribution in [2.75, 3.05) is 13.1 Å². The monoisotopic (exact) mass is 330 g/mol. The van der Waals surface area contributed by atoms with E-state index in [4.69, 9.17) is 4.74 Å². The van der Waals surface area contributed by atoms with Gasteiger partial charge in [0.2, 0.25) is 0 Å². The quantitative estimate of drug-likeness (QED) is 0.762. The first-order chi connectivity index (χ1) is 12.4. The fourth-order valence-corrected chi connectivity index (χ4v) is 3.22. The Hall–Kier alpha value is -2.65. The molecule has 1 fully saturated rings. The van der Waals surface area contributed by atoms with Gasteiger partial charge >= 0.3 is 0 Å². The fourth-order valence-electron chi connectivity index (χ4n) is 3.22. The van der Waals surface area contributed by atoms with Gasteiger partial charge in [-0.25, -0.2) is 0 Å². The largest absolute Gasteiger partial charge is 0.490 e. The molecule has 0 bridgehead atoms. The molecule has 0 unspecified atom stereocenters. The molecule has 3 heteroatoms. The molecule has 4 rings (SSSR count). The standard InChI is InChI=1S/C22H22N2O/c1-2-4-17(5-3-1)19-14-20(16-24-15-19)18-6-8-21(9-7-18)25-22-10-12-23-13-11-22/h1-9,14-16,22-23H,10-13H2. The number of rotatable bonds is 4. The molecule has 2 heterocycles. The van der Waals surface area contributed by atoms with Crippen LogP contribution in [-0.4, -0.2) is 24.2 Å². The van der Waals surface area contributed by atoms with E-state index in [-0.39, 0.29) is 0 Å². The lowest BCUT2D eigenvalue weighted by Gasteiger charge is -2.23. The number of piperidine rings is 1. The first-order valence-corrected chi connectivity index (χ1v) is 8.87. The molecule has 0 radical (unpaired) electrons. The first-order valence-electron chi connectivity index (χ1n) is 8.87. The number of aromatic nitrogens is 1. The zero-order valence-corrected chi connectivity index (χ0v) is 14.2. The van der Waals surface area contributed by atoms with E-state index in [0.29, 0.717) is 6.10 Å². The summed E-state index contributed by atoms with van der Waals surface area (Å²) in [5.41, 5.74) is 4.59. The van der Waals surface area contributed by atoms with Crippen molar-refractivity contribution < 1.29 is 4.74 Å². The Morgan fingerprint density at radius 2 is 1.40 bits per heavy atom. The lowest BCUT2D eigenvalue weighted by molar-refractivity contribution is 0.162. The van der Waals surface area contributed by atoms with Crippen molar-refractivity contribution in [1.29, 1.82) is 0 Å². The Bertz CT molecular complexity index is 809. The molecular formula is C22H22N2O. The Labute approximate surface area is 148 Å². The van der Waals surface area contributed by atoms with Gasteiger partial charge in [-0.05, 0) is 55.3 Å². The fraction of sp³-hybridized carbons (Fsp3) is 0.227. The van der Waals surface area contributed by atoms with E-state index in [0.717, 1.165) is 48.4 Å². The Morgan fingerprint density at radius 3 is 2.08 bits per heavy atom. The maximum absolute atomic E-state index is 6.08. The van der Waals surface area contributed by atoms with Crippen LogP contribution in [0.1, 0.15) is 12.8 Å². The predicted molar refractivity (Wildman–Crippen MR) is 102 cm³/mol. The number of hydrogen-bond donors (Lipinski definition) is 1. The lowest BCUT2D eigenvalue weighted by atomic mass is 10.0. The summed E-state index contributed by atoms with van der Waals surface area (Å²) >= 11 is 0. The van der Waals surface area contributed by atoms with E-state index >= 15 is 0 Å². The highest BCUT2D eigenvalue weighted by Gasteiger charge is 2.14. The van der Waals surface area contributed by atoms with Crippen LogP contribution in [0.25, 0.3) is 22.3 Å². The second-order valence-electron chi connectivity index (χ2n) is 6.42. The maximum atomic E-state index is 6.08. The molecule has 2 aromatic carbocycles. The van der Waals surface area contributed by atoms with Crippen molar-refractivity contribution >= 4 is 0 Å². The number of benzene rings is 2. The molecule has 1 saturated heterocycles. The molecule has 0 amide bonds. The highest BCUT2D eigenvalue weighted by molar-refractivity contribution is 5.71. The molecule has 1 aliphatic heterocycles. The maximum Gasteiger partial charge on any atom is 0.119 e. The highest BCUT2D eigenvalue weighted by Crippen LogP contribution is 2.27. The minimum Gasteiger partial charge on any atom is -0.490 e. The van der Waals surface area contributed by atoms with Gasteiger partial charge in [-0.2, -0.15) is 0 Å². The van der Waals surface area contributed by atoms with Gasteiger partial charge < -0.3 is 10.1 Å². The van der Waals surface area contributed by atoms with Gasteiger partial charge in [0, 0.05) is 23.5 Å². The number of pyridine rings is 1. The van der Waals surface area contributed by atoms with E-state index < -0.39 is 0 Å². The summed E-state index contributed by atoms with van der Waals surface area (Å²) in [6, 6.07) is 20.9. The molecule has 1 aliphatic rings. The van der Waals surface area contributed by atoms with Gasteiger partial charge in [-0.3, -0.25) is 4.98 Å². The smallest absolute Gasteiger partial charge is 0.119 e. The second-order valence-corrected chi connectivity index (χ2v) is 6.42. The summed E-state index contributed by atoms with van der Waals surface area (Å²) < 4.78 is 6.08.